The molecule has 3 aromatic rings. The Balaban J connectivity index is 1.73. The van der Waals surface area contributed by atoms with Crippen LogP contribution in [-0.4, -0.2) is 27.0 Å². The van der Waals surface area contributed by atoms with Crippen molar-refractivity contribution in [1.82, 2.24) is 9.78 Å². The molecule has 138 valence electrons. The molecule has 0 fully saturated rings. The van der Waals surface area contributed by atoms with Gasteiger partial charge in [0.1, 0.15) is 11.6 Å². The van der Waals surface area contributed by atoms with E-state index in [9.17, 15) is 9.00 Å². The highest BCUT2D eigenvalue weighted by molar-refractivity contribution is 7.83. The third-order valence-electron chi connectivity index (χ3n) is 4.60. The molecule has 0 aliphatic carbocycles. The van der Waals surface area contributed by atoms with Gasteiger partial charge in [0.2, 0.25) is 0 Å². The van der Waals surface area contributed by atoms with E-state index >= 15 is 0 Å². The molecule has 1 aliphatic rings. The van der Waals surface area contributed by atoms with Gasteiger partial charge in [-0.3, -0.25) is 9.00 Å². The topological polar surface area (TPSA) is 73.2 Å². The van der Waals surface area contributed by atoms with Gasteiger partial charge in [0.05, 0.1) is 30.0 Å². The van der Waals surface area contributed by atoms with Crippen molar-refractivity contribution >= 4 is 22.5 Å². The van der Waals surface area contributed by atoms with Crippen molar-refractivity contribution in [2.45, 2.75) is 18.4 Å². The first kappa shape index (κ1) is 17.5. The molecule has 0 radical (unpaired) electrons. The van der Waals surface area contributed by atoms with Crippen molar-refractivity contribution in [3.05, 3.63) is 70.9 Å². The molecule has 1 amide bonds. The van der Waals surface area contributed by atoms with Crippen molar-refractivity contribution in [1.29, 1.82) is 0 Å². The molecule has 4 rings (SSSR count). The van der Waals surface area contributed by atoms with Crippen LogP contribution in [0.25, 0.3) is 5.69 Å². The van der Waals surface area contributed by atoms with E-state index in [2.05, 4.69) is 10.4 Å². The molecular weight excluding hydrogens is 362 g/mol. The van der Waals surface area contributed by atoms with Crippen LogP contribution in [-0.2, 0) is 22.3 Å². The molecule has 0 bridgehead atoms. The van der Waals surface area contributed by atoms with Gasteiger partial charge in [-0.2, -0.15) is 5.10 Å². The van der Waals surface area contributed by atoms with Crippen molar-refractivity contribution in [2.75, 3.05) is 12.4 Å². The smallest absolute Gasteiger partial charge is 0.256 e. The van der Waals surface area contributed by atoms with Gasteiger partial charge in [-0.15, -0.1) is 0 Å². The van der Waals surface area contributed by atoms with Gasteiger partial charge in [0.25, 0.3) is 5.91 Å². The van der Waals surface area contributed by atoms with Gasteiger partial charge in [0, 0.05) is 21.9 Å². The number of carbonyl (C=O) groups is 1. The molecule has 2 heterocycles. The lowest BCUT2D eigenvalue weighted by atomic mass is 10.2. The minimum absolute atomic E-state index is 0.243. The minimum atomic E-state index is -0.976. The number of hydrogen-bond donors (Lipinski definition) is 1. The van der Waals surface area contributed by atoms with E-state index in [4.69, 9.17) is 4.74 Å². The number of para-hydroxylation sites is 1. The highest BCUT2D eigenvalue weighted by atomic mass is 32.2. The Labute approximate surface area is 159 Å². The van der Waals surface area contributed by atoms with Crippen molar-refractivity contribution in [3.63, 3.8) is 0 Å². The number of methoxy groups -OCH3 is 1. The predicted molar refractivity (Wildman–Crippen MR) is 105 cm³/mol. The van der Waals surface area contributed by atoms with Gasteiger partial charge in [-0.1, -0.05) is 18.2 Å². The number of rotatable bonds is 4. The fourth-order valence-corrected chi connectivity index (χ4v) is 4.42. The van der Waals surface area contributed by atoms with Crippen LogP contribution in [0.15, 0.2) is 48.5 Å². The predicted octanol–water partition coefficient (Wildman–Crippen LogP) is 3.20. The van der Waals surface area contributed by atoms with Crippen LogP contribution in [0.1, 0.15) is 27.2 Å². The molecule has 0 unspecified atom stereocenters. The second kappa shape index (κ2) is 7.00. The van der Waals surface area contributed by atoms with Gasteiger partial charge in [-0.05, 0) is 42.8 Å². The summed E-state index contributed by atoms with van der Waals surface area (Å²) in [7, 11) is 0.607. The number of aryl methyl sites for hydroxylation is 1. The summed E-state index contributed by atoms with van der Waals surface area (Å²) in [4.78, 5) is 12.8. The van der Waals surface area contributed by atoms with Crippen LogP contribution in [0.5, 0.6) is 5.75 Å². The van der Waals surface area contributed by atoms with Crippen LogP contribution in [0.4, 0.5) is 5.82 Å². The zero-order valence-electron chi connectivity index (χ0n) is 15.1. The Kier molecular flexibility index (Phi) is 4.53. The van der Waals surface area contributed by atoms with E-state index < -0.39 is 10.8 Å². The maximum absolute atomic E-state index is 12.8. The second-order valence-electron chi connectivity index (χ2n) is 6.38. The van der Waals surface area contributed by atoms with Crippen molar-refractivity contribution in [3.8, 4) is 11.4 Å². The third-order valence-corrected chi connectivity index (χ3v) is 5.80. The standard InChI is InChI=1S/C20H19N3O3S/c1-13-5-3-4-6-18(13)23-19(16-11-27(25)12-17(16)22-23)21-20(24)14-7-9-15(26-2)10-8-14/h3-10H,11-12H2,1-2H3,(H,21,24)/t27-/m0/s1. The molecule has 1 aliphatic heterocycles. The summed E-state index contributed by atoms with van der Waals surface area (Å²) in [6.45, 7) is 2.00. The summed E-state index contributed by atoms with van der Waals surface area (Å²) in [6, 6.07) is 14.7. The fourth-order valence-electron chi connectivity index (χ4n) is 3.15. The van der Waals surface area contributed by atoms with Gasteiger partial charge < -0.3 is 10.1 Å². The molecule has 7 heteroatoms. The van der Waals surface area contributed by atoms with Gasteiger partial charge in [0.15, 0.2) is 0 Å². The fraction of sp³-hybridized carbons (Fsp3) is 0.200. The number of fused-ring (bicyclic) bond motifs is 1. The van der Waals surface area contributed by atoms with Crippen LogP contribution >= 0.6 is 0 Å². The molecule has 0 spiro atoms. The van der Waals surface area contributed by atoms with E-state index in [1.54, 1.807) is 36.1 Å². The third kappa shape index (κ3) is 3.26. The SMILES string of the molecule is COc1ccc(C(=O)Nc2c3c(nn2-c2ccccc2C)C[S@@](=O)C3)cc1. The van der Waals surface area contributed by atoms with E-state index in [1.165, 1.54) is 0 Å². The normalized spacial score (nSPS) is 15.4. The highest BCUT2D eigenvalue weighted by Crippen LogP contribution is 2.32. The highest BCUT2D eigenvalue weighted by Gasteiger charge is 2.28. The number of carbonyl (C=O) groups excluding carboxylic acids is 1. The first-order chi connectivity index (χ1) is 13.1. The van der Waals surface area contributed by atoms with Crippen molar-refractivity contribution < 1.29 is 13.7 Å². The molecule has 1 atom stereocenters. The van der Waals surface area contributed by atoms with Crippen molar-refractivity contribution in [2.24, 2.45) is 0 Å². The Morgan fingerprint density at radius 1 is 1.15 bits per heavy atom. The Morgan fingerprint density at radius 3 is 2.59 bits per heavy atom. The van der Waals surface area contributed by atoms with Crippen LogP contribution in [0.3, 0.4) is 0 Å². The first-order valence-corrected chi connectivity index (χ1v) is 10.0. The average molecular weight is 381 g/mol. The van der Waals surface area contributed by atoms with E-state index in [0.717, 1.165) is 22.5 Å². The summed E-state index contributed by atoms with van der Waals surface area (Å²) < 4.78 is 18.9. The molecule has 0 saturated carbocycles. The van der Waals surface area contributed by atoms with Crippen LogP contribution < -0.4 is 10.1 Å². The van der Waals surface area contributed by atoms with Crippen LogP contribution in [0, 0.1) is 6.92 Å². The number of aromatic nitrogens is 2. The monoisotopic (exact) mass is 381 g/mol. The van der Waals surface area contributed by atoms with E-state index in [-0.39, 0.29) is 5.91 Å². The number of ether oxygens (including phenoxy) is 1. The molecule has 6 nitrogen and oxygen atoms in total. The zero-order chi connectivity index (χ0) is 19.0. The lowest BCUT2D eigenvalue weighted by molar-refractivity contribution is 0.102. The maximum atomic E-state index is 12.8. The number of anilines is 1. The lowest BCUT2D eigenvalue weighted by Crippen LogP contribution is -2.17. The summed E-state index contributed by atoms with van der Waals surface area (Å²) in [6.07, 6.45) is 0. The number of nitrogens with one attached hydrogen (secondary N) is 1. The summed E-state index contributed by atoms with van der Waals surface area (Å²) in [5.74, 6) is 1.85. The first-order valence-electron chi connectivity index (χ1n) is 8.54. The molecule has 0 saturated heterocycles. The van der Waals surface area contributed by atoms with Crippen LogP contribution in [0.2, 0.25) is 0 Å². The Bertz CT molecular complexity index is 1040. The molecular formula is C20H19N3O3S. The summed E-state index contributed by atoms with van der Waals surface area (Å²) in [5.41, 5.74) is 4.07. The molecule has 1 N–H and O–H groups in total. The van der Waals surface area contributed by atoms with E-state index in [0.29, 0.717) is 28.6 Å². The number of nitrogens with zero attached hydrogens (tertiary/aromatic N) is 2. The molecule has 2 aromatic carbocycles. The zero-order valence-corrected chi connectivity index (χ0v) is 15.9. The number of benzene rings is 2. The Hall–Kier alpha value is -2.93. The summed E-state index contributed by atoms with van der Waals surface area (Å²) >= 11 is 0. The second-order valence-corrected chi connectivity index (χ2v) is 7.84. The minimum Gasteiger partial charge on any atom is -0.497 e. The van der Waals surface area contributed by atoms with E-state index in [1.807, 2.05) is 31.2 Å². The molecule has 1 aromatic heterocycles. The largest absolute Gasteiger partial charge is 0.497 e. The van der Waals surface area contributed by atoms with Gasteiger partial charge in [-0.25, -0.2) is 4.68 Å². The number of hydrogen-bond acceptors (Lipinski definition) is 4. The Morgan fingerprint density at radius 2 is 1.89 bits per heavy atom. The summed E-state index contributed by atoms with van der Waals surface area (Å²) in [5, 5.41) is 7.61. The maximum Gasteiger partial charge on any atom is 0.256 e. The lowest BCUT2D eigenvalue weighted by Gasteiger charge is -2.13. The number of amides is 1. The van der Waals surface area contributed by atoms with Gasteiger partial charge >= 0.3 is 0 Å². The molecule has 27 heavy (non-hydrogen) atoms. The average Bonchev–Trinajstić information content (AvgIpc) is 3.19. The quantitative estimate of drug-likeness (QED) is 0.753.